The van der Waals surface area contributed by atoms with E-state index in [9.17, 15) is 0 Å². The van der Waals surface area contributed by atoms with E-state index in [0.717, 1.165) is 56.1 Å². The smallest absolute Gasteiger partial charge is 0.137 e. The van der Waals surface area contributed by atoms with Crippen LogP contribution in [-0.4, -0.2) is 14.5 Å². The molecule has 49 heavy (non-hydrogen) atoms. The Hall–Kier alpha value is -6.52. The molecule has 0 saturated carbocycles. The molecule has 3 aromatic heterocycles. The summed E-state index contributed by atoms with van der Waals surface area (Å²) in [6, 6.07) is 51.2. The van der Waals surface area contributed by atoms with Crippen molar-refractivity contribution in [2.24, 2.45) is 0 Å². The van der Waals surface area contributed by atoms with Crippen LogP contribution in [0.25, 0.3) is 83.0 Å². The number of rotatable bonds is 4. The van der Waals surface area contributed by atoms with Crippen LogP contribution in [0.3, 0.4) is 0 Å². The number of benzene rings is 6. The fourth-order valence-electron chi connectivity index (χ4n) is 7.50. The molecule has 0 fully saturated rings. The zero-order valence-electron chi connectivity index (χ0n) is 26.8. The van der Waals surface area contributed by atoms with Gasteiger partial charge in [0.1, 0.15) is 17.3 Å². The maximum absolute atomic E-state index is 6.57. The van der Waals surface area contributed by atoms with Crippen LogP contribution in [0.5, 0.6) is 11.5 Å². The number of aryl methyl sites for hydroxylation is 1. The van der Waals surface area contributed by atoms with E-state index in [-0.39, 0.29) is 0 Å². The summed E-state index contributed by atoms with van der Waals surface area (Å²) in [5, 5.41) is 4.86. The zero-order chi connectivity index (χ0) is 32.5. The van der Waals surface area contributed by atoms with Gasteiger partial charge in [-0.2, -0.15) is 0 Å². The van der Waals surface area contributed by atoms with E-state index in [1.165, 1.54) is 44.0 Å². The second-order valence-corrected chi connectivity index (χ2v) is 12.7. The van der Waals surface area contributed by atoms with E-state index >= 15 is 0 Å². The molecule has 230 valence electrons. The predicted octanol–water partition coefficient (Wildman–Crippen LogP) is 11.8. The first kappa shape index (κ1) is 27.6. The lowest BCUT2D eigenvalue weighted by Gasteiger charge is -2.13. The quantitative estimate of drug-likeness (QED) is 0.195. The van der Waals surface area contributed by atoms with Crippen LogP contribution in [0.15, 0.2) is 158 Å². The first-order chi connectivity index (χ1) is 24.2. The highest BCUT2D eigenvalue weighted by atomic mass is 16.5. The summed E-state index contributed by atoms with van der Waals surface area (Å²) in [7, 11) is 0. The molecule has 0 atom stereocenters. The molecule has 4 heteroatoms. The van der Waals surface area contributed by atoms with E-state index in [2.05, 4.69) is 139 Å². The topological polar surface area (TPSA) is 39.9 Å². The van der Waals surface area contributed by atoms with Crippen molar-refractivity contribution in [3.8, 4) is 62.0 Å². The molecular formula is C45H29N3O. The van der Waals surface area contributed by atoms with Gasteiger partial charge in [0.15, 0.2) is 0 Å². The molecule has 0 spiro atoms. The first-order valence-electron chi connectivity index (χ1n) is 16.6. The van der Waals surface area contributed by atoms with E-state index in [1.807, 2.05) is 30.6 Å². The maximum Gasteiger partial charge on any atom is 0.137 e. The highest BCUT2D eigenvalue weighted by molar-refractivity contribution is 6.13. The standard InChI is InChI=1S/C45H29N3O/c1-28-19-22-44(47-26-28)48-42-18-5-4-15-35(42)36-21-20-32(24-43(36)48)49-31-12-6-11-30(23-31)41-25-39-38-17-8-10-29-9-7-16-37(45(29)38)33-13-2-3-14-34(33)40(39)27-46-41/h2-27H,1H3. The van der Waals surface area contributed by atoms with Gasteiger partial charge in [-0.1, -0.05) is 97.1 Å². The van der Waals surface area contributed by atoms with Crippen molar-refractivity contribution in [2.45, 2.75) is 6.92 Å². The summed E-state index contributed by atoms with van der Waals surface area (Å²) in [6.07, 6.45) is 3.95. The second-order valence-electron chi connectivity index (χ2n) is 12.7. The molecule has 0 amide bonds. The Morgan fingerprint density at radius 2 is 1.20 bits per heavy atom. The Labute approximate surface area is 283 Å². The van der Waals surface area contributed by atoms with Gasteiger partial charge in [-0.3, -0.25) is 9.55 Å². The molecule has 6 aromatic carbocycles. The van der Waals surface area contributed by atoms with Crippen molar-refractivity contribution in [2.75, 3.05) is 0 Å². The normalized spacial score (nSPS) is 11.8. The summed E-state index contributed by atoms with van der Waals surface area (Å²) < 4.78 is 8.78. The van der Waals surface area contributed by atoms with Gasteiger partial charge in [-0.05, 0) is 93.5 Å². The molecule has 4 nitrogen and oxygen atoms in total. The van der Waals surface area contributed by atoms with Gasteiger partial charge in [0, 0.05) is 40.4 Å². The van der Waals surface area contributed by atoms with Crippen LogP contribution in [-0.2, 0) is 0 Å². The third-order valence-corrected chi connectivity index (χ3v) is 9.74. The molecule has 1 aliphatic rings. The number of aromatic nitrogens is 3. The average molecular weight is 628 g/mol. The summed E-state index contributed by atoms with van der Waals surface area (Å²) in [5.74, 6) is 2.39. The lowest BCUT2D eigenvalue weighted by atomic mass is 9.93. The van der Waals surface area contributed by atoms with Gasteiger partial charge in [0.05, 0.1) is 16.7 Å². The Morgan fingerprint density at radius 1 is 0.490 bits per heavy atom. The van der Waals surface area contributed by atoms with E-state index < -0.39 is 0 Å². The van der Waals surface area contributed by atoms with E-state index in [4.69, 9.17) is 14.7 Å². The van der Waals surface area contributed by atoms with Crippen LogP contribution in [0.4, 0.5) is 0 Å². The Bertz CT molecular complexity index is 2750. The Kier molecular flexibility index (Phi) is 6.06. The average Bonchev–Trinajstić information content (AvgIpc) is 3.42. The lowest BCUT2D eigenvalue weighted by Crippen LogP contribution is -1.97. The maximum atomic E-state index is 6.57. The monoisotopic (exact) mass is 627 g/mol. The molecule has 1 aliphatic carbocycles. The molecule has 0 N–H and O–H groups in total. The van der Waals surface area contributed by atoms with Crippen molar-refractivity contribution in [1.82, 2.24) is 14.5 Å². The summed E-state index contributed by atoms with van der Waals surface area (Å²) in [6.45, 7) is 2.06. The number of pyridine rings is 2. The van der Waals surface area contributed by atoms with Crippen molar-refractivity contribution in [3.63, 3.8) is 0 Å². The van der Waals surface area contributed by atoms with Gasteiger partial charge in [-0.15, -0.1) is 0 Å². The lowest BCUT2D eigenvalue weighted by molar-refractivity contribution is 0.483. The fourth-order valence-corrected chi connectivity index (χ4v) is 7.50. The molecule has 3 heterocycles. The largest absolute Gasteiger partial charge is 0.457 e. The van der Waals surface area contributed by atoms with Gasteiger partial charge in [0.2, 0.25) is 0 Å². The molecule has 0 aliphatic heterocycles. The van der Waals surface area contributed by atoms with Gasteiger partial charge in [0.25, 0.3) is 0 Å². The van der Waals surface area contributed by atoms with Crippen molar-refractivity contribution in [1.29, 1.82) is 0 Å². The van der Waals surface area contributed by atoms with Crippen LogP contribution >= 0.6 is 0 Å². The first-order valence-corrected chi connectivity index (χ1v) is 16.6. The molecule has 0 unspecified atom stereocenters. The number of hydrogen-bond acceptors (Lipinski definition) is 3. The van der Waals surface area contributed by atoms with Crippen molar-refractivity contribution >= 4 is 32.6 Å². The number of ether oxygens (including phenoxy) is 1. The summed E-state index contributed by atoms with van der Waals surface area (Å²) in [4.78, 5) is 9.80. The van der Waals surface area contributed by atoms with Crippen LogP contribution in [0.2, 0.25) is 0 Å². The number of para-hydroxylation sites is 1. The summed E-state index contributed by atoms with van der Waals surface area (Å²) >= 11 is 0. The van der Waals surface area contributed by atoms with Crippen molar-refractivity contribution in [3.05, 3.63) is 164 Å². The minimum Gasteiger partial charge on any atom is -0.457 e. The number of fused-ring (bicyclic) bond motifs is 8. The van der Waals surface area contributed by atoms with Crippen LogP contribution < -0.4 is 4.74 Å². The van der Waals surface area contributed by atoms with Crippen LogP contribution in [0.1, 0.15) is 5.56 Å². The minimum atomic E-state index is 0.752. The SMILES string of the molecule is Cc1ccc(-n2c3ccccc3c3ccc(Oc4cccc(-c5cc6c(cn5)-c5ccccc5-c5cccc7cccc-6c57)c4)cc32)nc1. The fraction of sp³-hybridized carbons (Fsp3) is 0.0222. The molecule has 10 rings (SSSR count). The van der Waals surface area contributed by atoms with E-state index in [1.54, 1.807) is 0 Å². The second kappa shape index (κ2) is 10.8. The minimum absolute atomic E-state index is 0.752. The van der Waals surface area contributed by atoms with Gasteiger partial charge < -0.3 is 4.74 Å². The highest BCUT2D eigenvalue weighted by Crippen LogP contribution is 2.48. The number of nitrogens with zero attached hydrogens (tertiary/aromatic N) is 3. The van der Waals surface area contributed by atoms with E-state index in [0.29, 0.717) is 0 Å². The third kappa shape index (κ3) is 4.38. The Morgan fingerprint density at radius 3 is 2.04 bits per heavy atom. The van der Waals surface area contributed by atoms with Gasteiger partial charge >= 0.3 is 0 Å². The highest BCUT2D eigenvalue weighted by Gasteiger charge is 2.22. The van der Waals surface area contributed by atoms with Gasteiger partial charge in [-0.25, -0.2) is 4.98 Å². The molecular weight excluding hydrogens is 599 g/mol. The third-order valence-electron chi connectivity index (χ3n) is 9.74. The number of hydrogen-bond donors (Lipinski definition) is 0. The molecule has 9 aromatic rings. The molecule has 0 radical (unpaired) electrons. The predicted molar refractivity (Wildman–Crippen MR) is 200 cm³/mol. The zero-order valence-corrected chi connectivity index (χ0v) is 26.8. The van der Waals surface area contributed by atoms with Crippen LogP contribution in [0, 0.1) is 6.92 Å². The molecule has 0 bridgehead atoms. The Balaban J connectivity index is 1.07. The summed E-state index contributed by atoms with van der Waals surface area (Å²) in [5.41, 5.74) is 12.4. The van der Waals surface area contributed by atoms with Crippen molar-refractivity contribution < 1.29 is 4.74 Å². The molecule has 0 saturated heterocycles.